The SMILES string of the molecule is CC/C=C\C/C=C\C/C=C\C/C=C\CCCCCCCCCCCCCCCCCCCCCCCCC(=O)OC(COC(=O)CCCCCCCCCCCCCCCCCCCCCCCCCCCCCCCCCCCCCCC)COC(OCC[N+](C)(C)C)C(=O)O. The van der Waals surface area contributed by atoms with Crippen molar-refractivity contribution in [2.45, 2.75) is 450 Å². The van der Waals surface area contributed by atoms with E-state index in [0.717, 1.165) is 64.2 Å². The van der Waals surface area contributed by atoms with Gasteiger partial charge in [-0.3, -0.25) is 9.59 Å². The summed E-state index contributed by atoms with van der Waals surface area (Å²) in [6, 6.07) is 0. The molecule has 0 rings (SSSR count). The quantitative estimate of drug-likeness (QED) is 0.0211. The lowest BCUT2D eigenvalue weighted by Gasteiger charge is -2.25. The Bertz CT molecular complexity index is 1730. The van der Waals surface area contributed by atoms with Crippen molar-refractivity contribution in [1.82, 2.24) is 0 Å². The summed E-state index contributed by atoms with van der Waals surface area (Å²) < 4.78 is 23.1. The lowest BCUT2D eigenvalue weighted by molar-refractivity contribution is -0.870. The predicted octanol–water partition coefficient (Wildman–Crippen LogP) is 27.6. The van der Waals surface area contributed by atoms with Gasteiger partial charge in [0.1, 0.15) is 13.2 Å². The molecule has 9 nitrogen and oxygen atoms in total. The highest BCUT2D eigenvalue weighted by molar-refractivity contribution is 5.71. The largest absolute Gasteiger partial charge is 0.477 e. The van der Waals surface area contributed by atoms with Crippen LogP contribution in [0.2, 0.25) is 0 Å². The van der Waals surface area contributed by atoms with Gasteiger partial charge in [-0.2, -0.15) is 0 Å². The Hall–Kier alpha value is -2.75. The Morgan fingerprint density at radius 1 is 0.320 bits per heavy atom. The average Bonchev–Trinajstić information content (AvgIpc) is 3.74. The second-order valence-corrected chi connectivity index (χ2v) is 30.5. The number of carboxylic acids is 1. The Morgan fingerprint density at radius 2 is 0.588 bits per heavy atom. The Kier molecular flexibility index (Phi) is 76.7. The number of carbonyl (C=O) groups excluding carboxylic acids is 2. The Labute approximate surface area is 603 Å². The third-order valence-electron chi connectivity index (χ3n) is 19.6. The molecule has 1 N–H and O–H groups in total. The van der Waals surface area contributed by atoms with Gasteiger partial charge < -0.3 is 28.5 Å². The van der Waals surface area contributed by atoms with E-state index in [2.05, 4.69) is 62.5 Å². The van der Waals surface area contributed by atoms with Crippen LogP contribution in [0.25, 0.3) is 0 Å². The highest BCUT2D eigenvalue weighted by Gasteiger charge is 2.25. The van der Waals surface area contributed by atoms with Crippen molar-refractivity contribution in [2.24, 2.45) is 0 Å². The number of rotatable bonds is 81. The van der Waals surface area contributed by atoms with Crippen LogP contribution < -0.4 is 0 Å². The number of likely N-dealkylation sites (N-methyl/N-ethyl adjacent to an activating group) is 1. The van der Waals surface area contributed by atoms with Crippen molar-refractivity contribution in [3.63, 3.8) is 0 Å². The molecule has 0 aliphatic carbocycles. The molecule has 0 heterocycles. The fourth-order valence-electron chi connectivity index (χ4n) is 13.1. The molecule has 0 bridgehead atoms. The van der Waals surface area contributed by atoms with Crippen LogP contribution in [0, 0.1) is 0 Å². The zero-order chi connectivity index (χ0) is 70.4. The van der Waals surface area contributed by atoms with Crippen LogP contribution in [-0.4, -0.2) is 87.4 Å². The molecule has 97 heavy (non-hydrogen) atoms. The van der Waals surface area contributed by atoms with E-state index in [0.29, 0.717) is 17.4 Å². The third-order valence-corrected chi connectivity index (χ3v) is 19.6. The molecule has 0 spiro atoms. The van der Waals surface area contributed by atoms with E-state index in [4.69, 9.17) is 18.9 Å². The van der Waals surface area contributed by atoms with Gasteiger partial charge in [0.2, 0.25) is 0 Å². The van der Waals surface area contributed by atoms with E-state index in [-0.39, 0.29) is 38.2 Å². The van der Waals surface area contributed by atoms with E-state index < -0.39 is 18.4 Å². The summed E-state index contributed by atoms with van der Waals surface area (Å²) in [7, 11) is 6.00. The summed E-state index contributed by atoms with van der Waals surface area (Å²) in [6.45, 7) is 4.85. The molecule has 2 atom stereocenters. The molecule has 0 aromatic carbocycles. The molecule has 570 valence electrons. The van der Waals surface area contributed by atoms with Crippen molar-refractivity contribution < 1.29 is 42.9 Å². The number of nitrogens with zero attached hydrogens (tertiary/aromatic N) is 1. The first-order valence-electron chi connectivity index (χ1n) is 42.8. The first kappa shape index (κ1) is 94.2. The molecular weight excluding hydrogens is 1200 g/mol. The zero-order valence-electron chi connectivity index (χ0n) is 65.5. The van der Waals surface area contributed by atoms with Gasteiger partial charge in [0.25, 0.3) is 6.29 Å². The van der Waals surface area contributed by atoms with Crippen LogP contribution in [0.5, 0.6) is 0 Å². The maximum Gasteiger partial charge on any atom is 0.361 e. The highest BCUT2D eigenvalue weighted by atomic mass is 16.7. The summed E-state index contributed by atoms with van der Waals surface area (Å²) in [5.41, 5.74) is 0. The summed E-state index contributed by atoms with van der Waals surface area (Å²) >= 11 is 0. The number of allylic oxidation sites excluding steroid dienone is 8. The van der Waals surface area contributed by atoms with Gasteiger partial charge in [0.05, 0.1) is 34.4 Å². The number of esters is 2. The van der Waals surface area contributed by atoms with Gasteiger partial charge in [0, 0.05) is 12.8 Å². The molecule has 0 amide bonds. The van der Waals surface area contributed by atoms with Crippen molar-refractivity contribution in [3.8, 4) is 0 Å². The number of carboxylic acid groups (broad SMARTS) is 1. The van der Waals surface area contributed by atoms with Gasteiger partial charge in [-0.15, -0.1) is 0 Å². The Morgan fingerprint density at radius 3 is 0.876 bits per heavy atom. The summed E-state index contributed by atoms with van der Waals surface area (Å²) in [4.78, 5) is 37.8. The maximum absolute atomic E-state index is 13.0. The van der Waals surface area contributed by atoms with Gasteiger partial charge >= 0.3 is 17.9 Å². The number of aliphatic carboxylic acids is 1. The van der Waals surface area contributed by atoms with Gasteiger partial charge in [-0.05, 0) is 51.4 Å². The van der Waals surface area contributed by atoms with Crippen LogP contribution in [0.4, 0.5) is 0 Å². The number of quaternary nitrogens is 1. The molecule has 0 aliphatic heterocycles. The van der Waals surface area contributed by atoms with Gasteiger partial charge in [-0.25, -0.2) is 4.79 Å². The van der Waals surface area contributed by atoms with E-state index in [1.807, 2.05) is 21.1 Å². The number of hydrogen-bond donors (Lipinski definition) is 1. The minimum atomic E-state index is -1.51. The fourth-order valence-corrected chi connectivity index (χ4v) is 13.1. The van der Waals surface area contributed by atoms with E-state index >= 15 is 0 Å². The predicted molar refractivity (Wildman–Crippen MR) is 420 cm³/mol. The van der Waals surface area contributed by atoms with E-state index in [1.165, 1.54) is 347 Å². The van der Waals surface area contributed by atoms with Gasteiger partial charge in [-0.1, -0.05) is 422 Å². The van der Waals surface area contributed by atoms with Crippen LogP contribution in [-0.2, 0) is 33.3 Å². The van der Waals surface area contributed by atoms with Crippen molar-refractivity contribution in [1.29, 1.82) is 0 Å². The summed E-state index contributed by atoms with van der Waals surface area (Å²) in [6.07, 6.45) is 102. The molecule has 0 saturated heterocycles. The number of unbranched alkanes of at least 4 members (excludes halogenated alkanes) is 58. The van der Waals surface area contributed by atoms with Crippen LogP contribution >= 0.6 is 0 Å². The molecule has 0 saturated carbocycles. The second kappa shape index (κ2) is 79.0. The normalized spacial score (nSPS) is 12.8. The minimum Gasteiger partial charge on any atom is -0.477 e. The smallest absolute Gasteiger partial charge is 0.361 e. The summed E-state index contributed by atoms with van der Waals surface area (Å²) in [5, 5.41) is 9.79. The number of hydrogen-bond acceptors (Lipinski definition) is 7. The first-order chi connectivity index (χ1) is 47.6. The topological polar surface area (TPSA) is 108 Å². The van der Waals surface area contributed by atoms with E-state index in [1.54, 1.807) is 0 Å². The standard InChI is InChI=1S/C88H165NO8/c1-6-8-10-12-14-16-18-20-22-24-26-28-30-32-34-36-38-40-42-43-45-46-48-50-52-54-56-58-60-62-64-66-68-70-72-74-76-78-85(90)95-82-84(83-96-88(87(92)93)94-81-80-89(3,4)5)97-86(91)79-77-75-73-71-69-67-65-63-61-59-57-55-53-51-49-47-44-41-39-37-35-33-31-29-27-25-23-21-19-17-15-13-11-9-7-2/h9,11,15,17,21,23,27,29,84,88H,6-8,10,12-14,16,18-20,22,24-26,28,30-83H2,1-5H3/p+1/b11-9-,17-15-,23-21-,29-27-. The lowest BCUT2D eigenvalue weighted by atomic mass is 10.0. The molecule has 0 radical (unpaired) electrons. The highest BCUT2D eigenvalue weighted by Crippen LogP contribution is 2.21. The minimum absolute atomic E-state index is 0.175. The molecular formula is C88H166NO8+. The second-order valence-electron chi connectivity index (χ2n) is 30.5. The number of carbonyl (C=O) groups is 3. The molecule has 2 unspecified atom stereocenters. The molecule has 0 aromatic heterocycles. The van der Waals surface area contributed by atoms with Gasteiger partial charge in [0.15, 0.2) is 6.10 Å². The Balaban J connectivity index is 3.92. The molecule has 9 heteroatoms. The molecule has 0 aliphatic rings. The zero-order valence-corrected chi connectivity index (χ0v) is 65.5. The molecule has 0 fully saturated rings. The van der Waals surface area contributed by atoms with Crippen LogP contribution in [0.15, 0.2) is 48.6 Å². The maximum atomic E-state index is 13.0. The molecule has 0 aromatic rings. The number of ether oxygens (including phenoxy) is 4. The summed E-state index contributed by atoms with van der Waals surface area (Å²) in [5.74, 6) is -1.97. The monoisotopic (exact) mass is 1370 g/mol. The van der Waals surface area contributed by atoms with Crippen molar-refractivity contribution >= 4 is 17.9 Å². The van der Waals surface area contributed by atoms with E-state index in [9.17, 15) is 19.5 Å². The third kappa shape index (κ3) is 80.4. The first-order valence-corrected chi connectivity index (χ1v) is 42.8. The van der Waals surface area contributed by atoms with Crippen LogP contribution in [0.3, 0.4) is 0 Å². The van der Waals surface area contributed by atoms with Crippen molar-refractivity contribution in [3.05, 3.63) is 48.6 Å². The average molecular weight is 1370 g/mol. The van der Waals surface area contributed by atoms with Crippen molar-refractivity contribution in [2.75, 3.05) is 47.5 Å². The van der Waals surface area contributed by atoms with Crippen LogP contribution in [0.1, 0.15) is 438 Å². The fraction of sp³-hybridized carbons (Fsp3) is 0.875. The lowest BCUT2D eigenvalue weighted by Crippen LogP contribution is -2.40.